The molecule has 1 aromatic carbocycles. The summed E-state index contributed by atoms with van der Waals surface area (Å²) < 4.78 is 36.9. The summed E-state index contributed by atoms with van der Waals surface area (Å²) in [7, 11) is 0. The van der Waals surface area contributed by atoms with E-state index in [0.29, 0.717) is 11.8 Å². The highest BCUT2D eigenvalue weighted by atomic mass is 35.5. The fourth-order valence-corrected chi connectivity index (χ4v) is 1.33. The van der Waals surface area contributed by atoms with Gasteiger partial charge in [0.05, 0.1) is 10.9 Å². The van der Waals surface area contributed by atoms with Crippen molar-refractivity contribution in [3.63, 3.8) is 0 Å². The van der Waals surface area contributed by atoms with Crippen molar-refractivity contribution in [3.05, 3.63) is 35.4 Å². The Hall–Kier alpha value is -1.03. The lowest BCUT2D eigenvalue weighted by molar-refractivity contribution is -0.137. The molecule has 0 saturated carbocycles. The largest absolute Gasteiger partial charge is 0.416 e. The molecule has 0 spiro atoms. The van der Waals surface area contributed by atoms with Gasteiger partial charge < -0.3 is 4.79 Å². The van der Waals surface area contributed by atoms with Crippen LogP contribution in [-0.4, -0.2) is 11.7 Å². The van der Waals surface area contributed by atoms with Gasteiger partial charge in [-0.05, 0) is 18.1 Å². The van der Waals surface area contributed by atoms with Crippen LogP contribution in [0.1, 0.15) is 11.1 Å². The van der Waals surface area contributed by atoms with Gasteiger partial charge in [-0.3, -0.25) is 0 Å². The number of carbonyl (C=O) groups excluding carboxylic acids is 1. The van der Waals surface area contributed by atoms with E-state index in [2.05, 4.69) is 0 Å². The number of carbonyl (C=O) groups is 1. The van der Waals surface area contributed by atoms with E-state index in [9.17, 15) is 18.0 Å². The molecule has 0 bridgehead atoms. The Labute approximate surface area is 89.9 Å². The first-order chi connectivity index (χ1) is 6.93. The van der Waals surface area contributed by atoms with E-state index in [1.807, 2.05) is 0 Å². The first-order valence-electron chi connectivity index (χ1n) is 4.19. The van der Waals surface area contributed by atoms with Crippen molar-refractivity contribution in [1.82, 2.24) is 0 Å². The second-order valence-electron chi connectivity index (χ2n) is 3.05. The van der Waals surface area contributed by atoms with Gasteiger partial charge in [0.2, 0.25) is 0 Å². The number of hydrogen-bond donors (Lipinski definition) is 0. The molecule has 0 aromatic heterocycles. The zero-order valence-electron chi connectivity index (χ0n) is 7.59. The van der Waals surface area contributed by atoms with Gasteiger partial charge in [0.15, 0.2) is 0 Å². The van der Waals surface area contributed by atoms with Crippen molar-refractivity contribution < 1.29 is 18.0 Å². The summed E-state index contributed by atoms with van der Waals surface area (Å²) in [6, 6.07) is 4.78. The third kappa shape index (κ3) is 3.55. The van der Waals surface area contributed by atoms with Gasteiger partial charge >= 0.3 is 6.18 Å². The van der Waals surface area contributed by atoms with Gasteiger partial charge in [0.25, 0.3) is 0 Å². The monoisotopic (exact) mass is 236 g/mol. The van der Waals surface area contributed by atoms with E-state index in [4.69, 9.17) is 11.6 Å². The number of rotatable bonds is 3. The van der Waals surface area contributed by atoms with Crippen molar-refractivity contribution in [3.8, 4) is 0 Å². The fraction of sp³-hybridized carbons (Fsp3) is 0.300. The van der Waals surface area contributed by atoms with E-state index >= 15 is 0 Å². The van der Waals surface area contributed by atoms with E-state index in [1.54, 1.807) is 0 Å². The van der Waals surface area contributed by atoms with E-state index < -0.39 is 17.1 Å². The zero-order chi connectivity index (χ0) is 11.5. The van der Waals surface area contributed by atoms with Crippen LogP contribution in [0.25, 0.3) is 0 Å². The van der Waals surface area contributed by atoms with E-state index in [-0.39, 0.29) is 6.42 Å². The number of alkyl halides is 4. The maximum Gasteiger partial charge on any atom is 0.416 e. The molecule has 0 aliphatic heterocycles. The Morgan fingerprint density at radius 1 is 1.40 bits per heavy atom. The second-order valence-corrected chi connectivity index (χ2v) is 3.61. The number of aldehydes is 1. The quantitative estimate of drug-likeness (QED) is 0.582. The van der Waals surface area contributed by atoms with Crippen molar-refractivity contribution in [2.75, 3.05) is 0 Å². The van der Waals surface area contributed by atoms with Crippen LogP contribution in [0.2, 0.25) is 0 Å². The third-order valence-corrected chi connectivity index (χ3v) is 2.09. The van der Waals surface area contributed by atoms with Crippen LogP contribution in [0.15, 0.2) is 24.3 Å². The Morgan fingerprint density at radius 3 is 2.60 bits per heavy atom. The Morgan fingerprint density at radius 2 is 2.07 bits per heavy atom. The van der Waals surface area contributed by atoms with Crippen LogP contribution in [0, 0.1) is 0 Å². The summed E-state index contributed by atoms with van der Waals surface area (Å²) >= 11 is 5.52. The van der Waals surface area contributed by atoms with Crippen LogP contribution in [0.4, 0.5) is 13.2 Å². The molecule has 0 aliphatic carbocycles. The topological polar surface area (TPSA) is 17.1 Å². The predicted molar refractivity (Wildman–Crippen MR) is 50.9 cm³/mol. The molecule has 0 N–H and O–H groups in total. The highest BCUT2D eigenvalue weighted by Gasteiger charge is 2.30. The van der Waals surface area contributed by atoms with E-state index in [1.165, 1.54) is 12.1 Å². The number of benzene rings is 1. The molecule has 1 atom stereocenters. The molecule has 0 saturated heterocycles. The summed E-state index contributed by atoms with van der Waals surface area (Å²) in [5.41, 5.74) is -0.327. The third-order valence-electron chi connectivity index (χ3n) is 1.83. The van der Waals surface area contributed by atoms with Crippen LogP contribution in [0.5, 0.6) is 0 Å². The minimum Gasteiger partial charge on any atom is -0.302 e. The lowest BCUT2D eigenvalue weighted by atomic mass is 10.1. The number of halogens is 4. The van der Waals surface area contributed by atoms with Crippen LogP contribution in [0.3, 0.4) is 0 Å². The van der Waals surface area contributed by atoms with Crippen molar-refractivity contribution >= 4 is 17.9 Å². The Bertz CT molecular complexity index is 349. The number of hydrogen-bond acceptors (Lipinski definition) is 1. The van der Waals surface area contributed by atoms with E-state index in [0.717, 1.165) is 12.1 Å². The summed E-state index contributed by atoms with van der Waals surface area (Å²) in [6.45, 7) is 0. The van der Waals surface area contributed by atoms with Crippen LogP contribution < -0.4 is 0 Å². The molecular weight excluding hydrogens is 229 g/mol. The minimum absolute atomic E-state index is 0.106. The summed E-state index contributed by atoms with van der Waals surface area (Å²) in [5, 5.41) is -0.784. The summed E-state index contributed by atoms with van der Waals surface area (Å²) in [4.78, 5) is 10.2. The molecule has 0 fully saturated rings. The lowest BCUT2D eigenvalue weighted by Gasteiger charge is -2.08. The van der Waals surface area contributed by atoms with Crippen molar-refractivity contribution in [1.29, 1.82) is 0 Å². The molecule has 1 aromatic rings. The predicted octanol–water partition coefficient (Wildman–Crippen LogP) is 3.05. The highest BCUT2D eigenvalue weighted by Crippen LogP contribution is 2.29. The molecule has 1 nitrogen and oxygen atoms in total. The van der Waals surface area contributed by atoms with Gasteiger partial charge in [-0.2, -0.15) is 13.2 Å². The average molecular weight is 237 g/mol. The first-order valence-corrected chi connectivity index (χ1v) is 4.62. The first kappa shape index (κ1) is 12.0. The average Bonchev–Trinajstić information content (AvgIpc) is 2.17. The Kier molecular flexibility index (Phi) is 3.74. The maximum atomic E-state index is 12.3. The molecule has 5 heteroatoms. The molecule has 0 aliphatic rings. The molecule has 82 valence electrons. The SMILES string of the molecule is O=CC(Cl)Cc1cccc(C(F)(F)F)c1. The molecule has 0 heterocycles. The van der Waals surface area contributed by atoms with Crippen molar-refractivity contribution in [2.45, 2.75) is 18.0 Å². The van der Waals surface area contributed by atoms with Gasteiger partial charge in [0.1, 0.15) is 6.29 Å². The van der Waals surface area contributed by atoms with Gasteiger partial charge in [0, 0.05) is 0 Å². The maximum absolute atomic E-state index is 12.3. The molecule has 1 unspecified atom stereocenters. The molecule has 0 amide bonds. The zero-order valence-corrected chi connectivity index (χ0v) is 8.35. The molecular formula is C10H8ClF3O. The summed E-state index contributed by atoms with van der Waals surface area (Å²) in [5.74, 6) is 0. The molecule has 15 heavy (non-hydrogen) atoms. The second kappa shape index (κ2) is 4.66. The molecule has 1 rings (SSSR count). The Balaban J connectivity index is 2.88. The van der Waals surface area contributed by atoms with Crippen molar-refractivity contribution in [2.24, 2.45) is 0 Å². The van der Waals surface area contributed by atoms with Gasteiger partial charge in [-0.1, -0.05) is 18.2 Å². The van der Waals surface area contributed by atoms with Crippen LogP contribution in [-0.2, 0) is 17.4 Å². The fourth-order valence-electron chi connectivity index (χ4n) is 1.15. The minimum atomic E-state index is -4.36. The standard InChI is InChI=1S/C10H8ClF3O/c11-9(6-15)5-7-2-1-3-8(4-7)10(12,13)14/h1-4,6,9H,5H2. The summed E-state index contributed by atoms with van der Waals surface area (Å²) in [6.07, 6.45) is -3.75. The lowest BCUT2D eigenvalue weighted by Crippen LogP contribution is -2.08. The van der Waals surface area contributed by atoms with Crippen LogP contribution >= 0.6 is 11.6 Å². The highest BCUT2D eigenvalue weighted by molar-refractivity contribution is 6.27. The van der Waals surface area contributed by atoms with Gasteiger partial charge in [-0.15, -0.1) is 11.6 Å². The smallest absolute Gasteiger partial charge is 0.302 e. The normalized spacial score (nSPS) is 13.6. The molecule has 0 radical (unpaired) electrons. The van der Waals surface area contributed by atoms with Gasteiger partial charge in [-0.25, -0.2) is 0 Å².